The molecule has 2 aliphatic rings. The lowest BCUT2D eigenvalue weighted by atomic mass is 9.68. The van der Waals surface area contributed by atoms with Crippen LogP contribution in [0.15, 0.2) is 12.3 Å². The summed E-state index contributed by atoms with van der Waals surface area (Å²) in [5, 5.41) is 0. The number of piperidine rings is 1. The predicted octanol–water partition coefficient (Wildman–Crippen LogP) is 2.31. The molecule has 3 N–H and O–H groups in total. The van der Waals surface area contributed by atoms with Crippen LogP contribution in [0.5, 0.6) is 0 Å². The molecule has 0 aromatic carbocycles. The molecule has 0 atom stereocenters. The van der Waals surface area contributed by atoms with Crippen molar-refractivity contribution in [1.29, 1.82) is 0 Å². The number of nitrogens with zero attached hydrogens (tertiary/aromatic N) is 3. The molecule has 19 heavy (non-hydrogen) atoms. The molecule has 3 rings (SSSR count). The van der Waals surface area contributed by atoms with E-state index < -0.39 is 0 Å². The molecule has 1 aliphatic carbocycles. The van der Waals surface area contributed by atoms with Crippen molar-refractivity contribution in [3.8, 4) is 0 Å². The van der Waals surface area contributed by atoms with Gasteiger partial charge in [-0.2, -0.15) is 4.98 Å². The monoisotopic (exact) mass is 261 g/mol. The van der Waals surface area contributed by atoms with E-state index in [0.29, 0.717) is 11.4 Å². The Hall–Kier alpha value is -1.36. The van der Waals surface area contributed by atoms with Crippen molar-refractivity contribution < 1.29 is 0 Å². The summed E-state index contributed by atoms with van der Waals surface area (Å²) < 4.78 is 0. The number of hydrogen-bond donors (Lipinski definition) is 2. The van der Waals surface area contributed by atoms with Gasteiger partial charge in [-0.05, 0) is 37.2 Å². The number of anilines is 2. The fourth-order valence-corrected chi connectivity index (χ4v) is 3.61. The summed E-state index contributed by atoms with van der Waals surface area (Å²) in [7, 11) is 0. The Labute approximate surface area is 114 Å². The van der Waals surface area contributed by atoms with Crippen molar-refractivity contribution in [3.63, 3.8) is 0 Å². The maximum Gasteiger partial charge on any atom is 0.239 e. The Morgan fingerprint density at radius 1 is 1.11 bits per heavy atom. The summed E-state index contributed by atoms with van der Waals surface area (Å²) in [5.74, 6) is 6.86. The zero-order valence-electron chi connectivity index (χ0n) is 11.4. The first-order chi connectivity index (χ1) is 9.31. The first kappa shape index (κ1) is 12.7. The number of hydrazine groups is 1. The third-order valence-electron chi connectivity index (χ3n) is 4.83. The highest BCUT2D eigenvalue weighted by atomic mass is 15.3. The first-order valence-electron chi connectivity index (χ1n) is 7.36. The van der Waals surface area contributed by atoms with Crippen molar-refractivity contribution in [2.45, 2.75) is 44.9 Å². The smallest absolute Gasteiger partial charge is 0.239 e. The van der Waals surface area contributed by atoms with Crippen LogP contribution in [-0.4, -0.2) is 23.1 Å². The average molecular weight is 261 g/mol. The number of nitrogens with one attached hydrogen (secondary N) is 1. The van der Waals surface area contributed by atoms with Gasteiger partial charge in [0.25, 0.3) is 0 Å². The van der Waals surface area contributed by atoms with Crippen LogP contribution in [0.25, 0.3) is 0 Å². The highest BCUT2D eigenvalue weighted by Crippen LogP contribution is 2.44. The van der Waals surface area contributed by atoms with Crippen LogP contribution in [0, 0.1) is 5.41 Å². The van der Waals surface area contributed by atoms with Gasteiger partial charge in [0.05, 0.1) is 0 Å². The van der Waals surface area contributed by atoms with Crippen LogP contribution >= 0.6 is 0 Å². The molecule has 1 saturated carbocycles. The van der Waals surface area contributed by atoms with E-state index in [4.69, 9.17) is 5.84 Å². The lowest BCUT2D eigenvalue weighted by Gasteiger charge is -2.44. The predicted molar refractivity (Wildman–Crippen MR) is 76.8 cm³/mol. The third-order valence-corrected chi connectivity index (χ3v) is 4.83. The van der Waals surface area contributed by atoms with E-state index in [1.807, 2.05) is 6.07 Å². The summed E-state index contributed by atoms with van der Waals surface area (Å²) in [6, 6.07) is 1.97. The number of rotatable bonds is 2. The molecule has 0 radical (unpaired) electrons. The Morgan fingerprint density at radius 3 is 2.53 bits per heavy atom. The minimum absolute atomic E-state index is 0.496. The zero-order chi connectivity index (χ0) is 13.1. The Balaban J connectivity index is 1.65. The summed E-state index contributed by atoms with van der Waals surface area (Å²) in [4.78, 5) is 10.9. The number of nitrogens with two attached hydrogens (primary N) is 1. The zero-order valence-corrected chi connectivity index (χ0v) is 11.4. The SMILES string of the molecule is NNc1nccc(N2CCC3(CCCCC3)CC2)n1. The van der Waals surface area contributed by atoms with Crippen LogP contribution in [0.1, 0.15) is 44.9 Å². The second-order valence-corrected chi connectivity index (χ2v) is 5.93. The van der Waals surface area contributed by atoms with Gasteiger partial charge in [0, 0.05) is 19.3 Å². The number of hydrogen-bond acceptors (Lipinski definition) is 5. The van der Waals surface area contributed by atoms with Crippen LogP contribution in [-0.2, 0) is 0 Å². The number of aromatic nitrogens is 2. The maximum absolute atomic E-state index is 5.37. The summed E-state index contributed by atoms with van der Waals surface area (Å²) in [6.45, 7) is 2.22. The molecule has 0 amide bonds. The second-order valence-electron chi connectivity index (χ2n) is 5.93. The highest BCUT2D eigenvalue weighted by Gasteiger charge is 2.35. The Bertz CT molecular complexity index is 418. The fraction of sp³-hybridized carbons (Fsp3) is 0.714. The van der Waals surface area contributed by atoms with Crippen LogP contribution in [0.4, 0.5) is 11.8 Å². The standard InChI is InChI=1S/C14H23N5/c15-18-13-16-9-4-12(17-13)19-10-7-14(8-11-19)5-2-1-3-6-14/h4,9H,1-3,5-8,10-11,15H2,(H,16,17,18). The molecule has 1 spiro atoms. The maximum atomic E-state index is 5.37. The van der Waals surface area contributed by atoms with Gasteiger partial charge in [-0.1, -0.05) is 19.3 Å². The van der Waals surface area contributed by atoms with E-state index in [9.17, 15) is 0 Å². The summed E-state index contributed by atoms with van der Waals surface area (Å²) in [5.41, 5.74) is 3.15. The molecule has 1 aromatic rings. The van der Waals surface area contributed by atoms with Crippen LogP contribution < -0.4 is 16.2 Å². The van der Waals surface area contributed by atoms with Gasteiger partial charge in [-0.15, -0.1) is 0 Å². The normalized spacial score (nSPS) is 22.5. The van der Waals surface area contributed by atoms with Gasteiger partial charge in [0.15, 0.2) is 0 Å². The van der Waals surface area contributed by atoms with Crippen LogP contribution in [0.2, 0.25) is 0 Å². The minimum atomic E-state index is 0.496. The lowest BCUT2D eigenvalue weighted by molar-refractivity contribution is 0.144. The average Bonchev–Trinajstić information content (AvgIpc) is 2.49. The molecular formula is C14H23N5. The first-order valence-corrected chi connectivity index (χ1v) is 7.36. The minimum Gasteiger partial charge on any atom is -0.356 e. The van der Waals surface area contributed by atoms with Gasteiger partial charge in [-0.3, -0.25) is 5.43 Å². The fourth-order valence-electron chi connectivity index (χ4n) is 3.61. The summed E-state index contributed by atoms with van der Waals surface area (Å²) in [6.07, 6.45) is 11.5. The van der Waals surface area contributed by atoms with Gasteiger partial charge in [0.1, 0.15) is 5.82 Å². The number of nitrogen functional groups attached to an aromatic ring is 1. The van der Waals surface area contributed by atoms with Crippen molar-refractivity contribution in [1.82, 2.24) is 9.97 Å². The Kier molecular flexibility index (Phi) is 3.55. The van der Waals surface area contributed by atoms with E-state index in [2.05, 4.69) is 20.3 Å². The molecule has 104 valence electrons. The molecule has 2 fully saturated rings. The van der Waals surface area contributed by atoms with E-state index in [1.165, 1.54) is 44.9 Å². The molecule has 1 aromatic heterocycles. The van der Waals surface area contributed by atoms with Crippen molar-refractivity contribution in [2.24, 2.45) is 11.3 Å². The van der Waals surface area contributed by atoms with E-state index >= 15 is 0 Å². The van der Waals surface area contributed by atoms with E-state index in [-0.39, 0.29) is 0 Å². The van der Waals surface area contributed by atoms with E-state index in [1.54, 1.807) is 6.20 Å². The molecule has 0 bridgehead atoms. The van der Waals surface area contributed by atoms with Gasteiger partial charge in [0.2, 0.25) is 5.95 Å². The van der Waals surface area contributed by atoms with Gasteiger partial charge < -0.3 is 4.90 Å². The topological polar surface area (TPSA) is 67.1 Å². The lowest BCUT2D eigenvalue weighted by Crippen LogP contribution is -2.41. The molecule has 0 unspecified atom stereocenters. The molecule has 5 nitrogen and oxygen atoms in total. The van der Waals surface area contributed by atoms with Crippen LogP contribution in [0.3, 0.4) is 0 Å². The molecule has 5 heteroatoms. The molecule has 1 aliphatic heterocycles. The molecule has 2 heterocycles. The van der Waals surface area contributed by atoms with Crippen molar-refractivity contribution >= 4 is 11.8 Å². The quantitative estimate of drug-likeness (QED) is 0.631. The van der Waals surface area contributed by atoms with Crippen molar-refractivity contribution in [2.75, 3.05) is 23.4 Å². The molecular weight excluding hydrogens is 238 g/mol. The molecule has 1 saturated heterocycles. The third kappa shape index (κ3) is 2.66. The second kappa shape index (κ2) is 5.33. The Morgan fingerprint density at radius 2 is 1.84 bits per heavy atom. The van der Waals surface area contributed by atoms with Gasteiger partial charge in [-0.25, -0.2) is 10.8 Å². The summed E-state index contributed by atoms with van der Waals surface area (Å²) >= 11 is 0. The van der Waals surface area contributed by atoms with Crippen molar-refractivity contribution in [3.05, 3.63) is 12.3 Å². The highest BCUT2D eigenvalue weighted by molar-refractivity contribution is 5.42. The van der Waals surface area contributed by atoms with Gasteiger partial charge >= 0.3 is 0 Å². The van der Waals surface area contributed by atoms with E-state index in [0.717, 1.165) is 18.9 Å². The largest absolute Gasteiger partial charge is 0.356 e.